The topological polar surface area (TPSA) is 9.23 Å². The average molecular weight is 311 g/mol. The van der Waals surface area contributed by atoms with E-state index in [4.69, 9.17) is 4.74 Å². The smallest absolute Gasteiger partial charge is 0.0589 e. The molecule has 1 aromatic carbocycles. The molecule has 18 heavy (non-hydrogen) atoms. The van der Waals surface area contributed by atoms with Gasteiger partial charge in [0, 0.05) is 11.4 Å². The quantitative estimate of drug-likeness (QED) is 0.720. The van der Waals surface area contributed by atoms with E-state index < -0.39 is 0 Å². The Labute approximate surface area is 119 Å². The summed E-state index contributed by atoms with van der Waals surface area (Å²) in [5.74, 6) is 0. The van der Waals surface area contributed by atoms with Gasteiger partial charge in [0.25, 0.3) is 0 Å². The molecule has 1 nitrogen and oxygen atoms in total. The van der Waals surface area contributed by atoms with E-state index in [0.29, 0.717) is 10.9 Å². The number of hydrogen-bond donors (Lipinski definition) is 0. The molecular formula is C16H23BrO. The summed E-state index contributed by atoms with van der Waals surface area (Å²) in [6, 6.07) is 2.29. The summed E-state index contributed by atoms with van der Waals surface area (Å²) in [5, 5.41) is 0. The lowest BCUT2D eigenvalue weighted by molar-refractivity contribution is 0.104. The van der Waals surface area contributed by atoms with Crippen LogP contribution in [0.5, 0.6) is 0 Å². The van der Waals surface area contributed by atoms with Crippen LogP contribution >= 0.6 is 15.9 Å². The standard InChI is InChI=1S/C16H23BrO/c1-10-8-11(2)13(4)16(12(10)3)15(17)9-14-6-5-7-18-14/h8,14-15H,5-7,9H2,1-4H3. The molecule has 100 valence electrons. The minimum absolute atomic E-state index is 0.416. The molecular weight excluding hydrogens is 288 g/mol. The summed E-state index contributed by atoms with van der Waals surface area (Å²) in [5.41, 5.74) is 7.12. The first-order valence-corrected chi connectivity index (χ1v) is 7.75. The Morgan fingerprint density at radius 2 is 1.83 bits per heavy atom. The summed E-state index contributed by atoms with van der Waals surface area (Å²) >= 11 is 3.89. The van der Waals surface area contributed by atoms with E-state index >= 15 is 0 Å². The lowest BCUT2D eigenvalue weighted by Crippen LogP contribution is -2.10. The molecule has 0 N–H and O–H groups in total. The van der Waals surface area contributed by atoms with E-state index in [1.165, 1.54) is 40.7 Å². The van der Waals surface area contributed by atoms with Crippen LogP contribution in [0.3, 0.4) is 0 Å². The second-order valence-electron chi connectivity index (χ2n) is 5.51. The van der Waals surface area contributed by atoms with E-state index in [2.05, 4.69) is 49.7 Å². The summed E-state index contributed by atoms with van der Waals surface area (Å²) in [4.78, 5) is 0.416. The van der Waals surface area contributed by atoms with Crippen LogP contribution in [0.25, 0.3) is 0 Å². The van der Waals surface area contributed by atoms with E-state index in [1.807, 2.05) is 0 Å². The highest BCUT2D eigenvalue weighted by atomic mass is 79.9. The highest BCUT2D eigenvalue weighted by Gasteiger charge is 2.23. The van der Waals surface area contributed by atoms with Crippen LogP contribution in [-0.2, 0) is 4.74 Å². The van der Waals surface area contributed by atoms with Crippen molar-refractivity contribution in [1.82, 2.24) is 0 Å². The van der Waals surface area contributed by atoms with Crippen molar-refractivity contribution in [3.8, 4) is 0 Å². The average Bonchev–Trinajstić information content (AvgIpc) is 2.79. The van der Waals surface area contributed by atoms with Gasteiger partial charge in [-0.3, -0.25) is 0 Å². The lowest BCUT2D eigenvalue weighted by atomic mass is 9.90. The first-order chi connectivity index (χ1) is 8.50. The maximum Gasteiger partial charge on any atom is 0.0589 e. The van der Waals surface area contributed by atoms with Gasteiger partial charge in [-0.1, -0.05) is 22.0 Å². The third-order valence-electron chi connectivity index (χ3n) is 4.23. The van der Waals surface area contributed by atoms with Gasteiger partial charge in [0.05, 0.1) is 6.10 Å². The summed E-state index contributed by atoms with van der Waals surface area (Å²) in [6.07, 6.45) is 3.96. The molecule has 2 unspecified atom stereocenters. The first-order valence-electron chi connectivity index (χ1n) is 6.83. The first kappa shape index (κ1) is 14.1. The van der Waals surface area contributed by atoms with Crippen LogP contribution in [0.4, 0.5) is 0 Å². The Bertz CT molecular complexity index is 407. The molecule has 1 aliphatic heterocycles. The number of ether oxygens (including phenoxy) is 1. The number of hydrogen-bond acceptors (Lipinski definition) is 1. The molecule has 1 heterocycles. The summed E-state index contributed by atoms with van der Waals surface area (Å²) in [7, 11) is 0. The van der Waals surface area contributed by atoms with Crippen LogP contribution in [-0.4, -0.2) is 12.7 Å². The zero-order valence-corrected chi connectivity index (χ0v) is 13.4. The highest BCUT2D eigenvalue weighted by molar-refractivity contribution is 9.09. The van der Waals surface area contributed by atoms with Crippen LogP contribution < -0.4 is 0 Å². The zero-order valence-electron chi connectivity index (χ0n) is 11.8. The molecule has 1 saturated heterocycles. The van der Waals surface area contributed by atoms with Crippen LogP contribution in [0.1, 0.15) is 51.9 Å². The zero-order chi connectivity index (χ0) is 13.3. The number of alkyl halides is 1. The Morgan fingerprint density at radius 1 is 1.22 bits per heavy atom. The van der Waals surface area contributed by atoms with Gasteiger partial charge in [-0.15, -0.1) is 0 Å². The maximum atomic E-state index is 5.76. The van der Waals surface area contributed by atoms with E-state index in [0.717, 1.165) is 13.0 Å². The van der Waals surface area contributed by atoms with E-state index in [9.17, 15) is 0 Å². The second kappa shape index (κ2) is 5.75. The van der Waals surface area contributed by atoms with Crippen molar-refractivity contribution < 1.29 is 4.74 Å². The van der Waals surface area contributed by atoms with Crippen molar-refractivity contribution in [2.45, 2.75) is 57.9 Å². The molecule has 2 atom stereocenters. The minimum Gasteiger partial charge on any atom is -0.378 e. The molecule has 1 aromatic rings. The number of halogens is 1. The minimum atomic E-state index is 0.416. The van der Waals surface area contributed by atoms with Gasteiger partial charge in [0.15, 0.2) is 0 Å². The molecule has 0 aliphatic carbocycles. The van der Waals surface area contributed by atoms with Crippen molar-refractivity contribution in [1.29, 1.82) is 0 Å². The largest absolute Gasteiger partial charge is 0.378 e. The molecule has 2 rings (SSSR count). The fraction of sp³-hybridized carbons (Fsp3) is 0.625. The van der Waals surface area contributed by atoms with Crippen molar-refractivity contribution in [3.05, 3.63) is 33.9 Å². The Hall–Kier alpha value is -0.340. The molecule has 2 heteroatoms. The number of benzene rings is 1. The van der Waals surface area contributed by atoms with Crippen molar-refractivity contribution in [3.63, 3.8) is 0 Å². The monoisotopic (exact) mass is 310 g/mol. The third-order valence-corrected chi connectivity index (χ3v) is 5.06. The van der Waals surface area contributed by atoms with Crippen molar-refractivity contribution in [2.75, 3.05) is 6.61 Å². The molecule has 0 aromatic heterocycles. The van der Waals surface area contributed by atoms with Gasteiger partial charge in [-0.05, 0) is 74.8 Å². The van der Waals surface area contributed by atoms with Crippen molar-refractivity contribution in [2.24, 2.45) is 0 Å². The molecule has 0 bridgehead atoms. The Morgan fingerprint density at radius 3 is 2.33 bits per heavy atom. The van der Waals surface area contributed by atoms with Gasteiger partial charge < -0.3 is 4.74 Å². The van der Waals surface area contributed by atoms with Crippen LogP contribution in [0.2, 0.25) is 0 Å². The summed E-state index contributed by atoms with van der Waals surface area (Å²) < 4.78 is 5.76. The molecule has 0 radical (unpaired) electrons. The van der Waals surface area contributed by atoms with Gasteiger partial charge in [0.1, 0.15) is 0 Å². The van der Waals surface area contributed by atoms with Crippen LogP contribution in [0, 0.1) is 27.7 Å². The van der Waals surface area contributed by atoms with E-state index in [-0.39, 0.29) is 0 Å². The second-order valence-corrected chi connectivity index (χ2v) is 6.62. The lowest BCUT2D eigenvalue weighted by Gasteiger charge is -2.22. The van der Waals surface area contributed by atoms with Crippen molar-refractivity contribution >= 4 is 15.9 Å². The maximum absolute atomic E-state index is 5.76. The molecule has 0 spiro atoms. The third kappa shape index (κ3) is 2.80. The SMILES string of the molecule is Cc1cc(C)c(C)c(C(Br)CC2CCCO2)c1C. The predicted molar refractivity (Wildman–Crippen MR) is 80.6 cm³/mol. The van der Waals surface area contributed by atoms with Crippen LogP contribution in [0.15, 0.2) is 6.07 Å². The Kier molecular flexibility index (Phi) is 4.50. The van der Waals surface area contributed by atoms with Gasteiger partial charge in [-0.25, -0.2) is 0 Å². The van der Waals surface area contributed by atoms with E-state index in [1.54, 1.807) is 0 Å². The fourth-order valence-corrected chi connectivity index (χ4v) is 4.00. The fourth-order valence-electron chi connectivity index (χ4n) is 2.90. The van der Waals surface area contributed by atoms with Gasteiger partial charge in [0.2, 0.25) is 0 Å². The molecule has 1 fully saturated rings. The van der Waals surface area contributed by atoms with Gasteiger partial charge >= 0.3 is 0 Å². The Balaban J connectivity index is 2.25. The van der Waals surface area contributed by atoms with Gasteiger partial charge in [-0.2, -0.15) is 0 Å². The number of rotatable bonds is 3. The highest BCUT2D eigenvalue weighted by Crippen LogP contribution is 2.37. The number of aryl methyl sites for hydroxylation is 2. The normalized spacial score (nSPS) is 21.3. The molecule has 0 amide bonds. The molecule has 0 saturated carbocycles. The molecule has 1 aliphatic rings. The summed E-state index contributed by atoms with van der Waals surface area (Å²) in [6.45, 7) is 9.82. The predicted octanol–water partition coefficient (Wildman–Crippen LogP) is 4.93.